The zero-order chi connectivity index (χ0) is 13.0. The maximum Gasteiger partial charge on any atom is 0.128 e. The van der Waals surface area contributed by atoms with Gasteiger partial charge in [-0.25, -0.2) is 8.78 Å². The van der Waals surface area contributed by atoms with E-state index in [1.54, 1.807) is 0 Å². The van der Waals surface area contributed by atoms with E-state index in [9.17, 15) is 8.78 Å². The zero-order valence-electron chi connectivity index (χ0n) is 10.6. The molecular weight excluding hydrogens is 222 g/mol. The fourth-order valence-electron chi connectivity index (χ4n) is 1.93. The highest BCUT2D eigenvalue weighted by Crippen LogP contribution is 2.17. The van der Waals surface area contributed by atoms with Crippen molar-refractivity contribution in [2.24, 2.45) is 11.7 Å². The van der Waals surface area contributed by atoms with E-state index in [1.807, 2.05) is 11.9 Å². The largest absolute Gasteiger partial charge is 0.323 e. The van der Waals surface area contributed by atoms with Gasteiger partial charge in [-0.2, -0.15) is 0 Å². The van der Waals surface area contributed by atoms with Crippen LogP contribution in [0, 0.1) is 17.6 Å². The molecule has 1 aromatic carbocycles. The first-order chi connectivity index (χ1) is 7.90. The SMILES string of the molecule is CC(C)CN(C)CC(N)c1cc(F)ccc1F. The molecule has 0 aliphatic heterocycles. The second-order valence-electron chi connectivity index (χ2n) is 4.89. The van der Waals surface area contributed by atoms with Crippen molar-refractivity contribution >= 4 is 0 Å². The van der Waals surface area contributed by atoms with Crippen molar-refractivity contribution in [1.29, 1.82) is 0 Å². The van der Waals surface area contributed by atoms with E-state index >= 15 is 0 Å². The molecule has 0 aliphatic rings. The van der Waals surface area contributed by atoms with E-state index in [-0.39, 0.29) is 5.56 Å². The molecule has 2 N–H and O–H groups in total. The van der Waals surface area contributed by atoms with Crippen LogP contribution in [0.15, 0.2) is 18.2 Å². The van der Waals surface area contributed by atoms with Gasteiger partial charge >= 0.3 is 0 Å². The number of halogens is 2. The molecule has 0 aliphatic carbocycles. The Balaban J connectivity index is 2.69. The highest BCUT2D eigenvalue weighted by atomic mass is 19.1. The molecule has 0 radical (unpaired) electrons. The Kier molecular flexibility index (Phi) is 5.02. The van der Waals surface area contributed by atoms with Crippen molar-refractivity contribution in [3.05, 3.63) is 35.4 Å². The number of hydrogen-bond acceptors (Lipinski definition) is 2. The number of nitrogens with zero attached hydrogens (tertiary/aromatic N) is 1. The summed E-state index contributed by atoms with van der Waals surface area (Å²) in [6.45, 7) is 5.60. The molecule has 4 heteroatoms. The van der Waals surface area contributed by atoms with Crippen LogP contribution in [0.2, 0.25) is 0 Å². The first-order valence-corrected chi connectivity index (χ1v) is 5.79. The van der Waals surface area contributed by atoms with Crippen molar-refractivity contribution < 1.29 is 8.78 Å². The molecule has 0 aromatic heterocycles. The van der Waals surface area contributed by atoms with Crippen LogP contribution in [-0.2, 0) is 0 Å². The molecule has 0 fully saturated rings. The summed E-state index contributed by atoms with van der Waals surface area (Å²) in [5, 5.41) is 0. The van der Waals surface area contributed by atoms with Crippen LogP contribution in [-0.4, -0.2) is 25.0 Å². The fourth-order valence-corrected chi connectivity index (χ4v) is 1.93. The summed E-state index contributed by atoms with van der Waals surface area (Å²) in [6, 6.07) is 2.88. The van der Waals surface area contributed by atoms with Gasteiger partial charge in [0.05, 0.1) is 0 Å². The van der Waals surface area contributed by atoms with Gasteiger partial charge in [0.15, 0.2) is 0 Å². The number of nitrogens with two attached hydrogens (primary N) is 1. The Bertz CT molecular complexity index is 366. The second-order valence-corrected chi connectivity index (χ2v) is 4.89. The predicted octanol–water partition coefficient (Wildman–Crippen LogP) is 2.55. The molecule has 0 amide bonds. The highest BCUT2D eigenvalue weighted by Gasteiger charge is 2.15. The monoisotopic (exact) mass is 242 g/mol. The van der Waals surface area contributed by atoms with E-state index < -0.39 is 17.7 Å². The lowest BCUT2D eigenvalue weighted by Gasteiger charge is -2.23. The van der Waals surface area contributed by atoms with E-state index in [1.165, 1.54) is 6.07 Å². The molecule has 2 nitrogen and oxygen atoms in total. The molecule has 0 bridgehead atoms. The molecule has 0 saturated heterocycles. The van der Waals surface area contributed by atoms with Gasteiger partial charge in [-0.3, -0.25) is 0 Å². The van der Waals surface area contributed by atoms with Gasteiger partial charge in [0.25, 0.3) is 0 Å². The minimum Gasteiger partial charge on any atom is -0.323 e. The van der Waals surface area contributed by atoms with Crippen molar-refractivity contribution in [1.82, 2.24) is 4.90 Å². The number of hydrogen-bond donors (Lipinski definition) is 1. The maximum absolute atomic E-state index is 13.5. The van der Waals surface area contributed by atoms with Gasteiger partial charge in [0, 0.05) is 24.7 Å². The third-order valence-electron chi connectivity index (χ3n) is 2.54. The molecule has 0 saturated carbocycles. The van der Waals surface area contributed by atoms with Gasteiger partial charge in [-0.1, -0.05) is 13.8 Å². The van der Waals surface area contributed by atoms with Crippen LogP contribution in [0.4, 0.5) is 8.78 Å². The molecule has 1 unspecified atom stereocenters. The quantitative estimate of drug-likeness (QED) is 0.859. The van der Waals surface area contributed by atoms with Crippen LogP contribution >= 0.6 is 0 Å². The first kappa shape index (κ1) is 14.1. The number of likely N-dealkylation sites (N-methyl/N-ethyl adjacent to an activating group) is 1. The van der Waals surface area contributed by atoms with Crippen LogP contribution in [0.5, 0.6) is 0 Å². The Hall–Kier alpha value is -1.00. The lowest BCUT2D eigenvalue weighted by Crippen LogP contribution is -2.32. The van der Waals surface area contributed by atoms with Crippen LogP contribution in [0.25, 0.3) is 0 Å². The van der Waals surface area contributed by atoms with E-state index in [4.69, 9.17) is 5.73 Å². The topological polar surface area (TPSA) is 29.3 Å². The lowest BCUT2D eigenvalue weighted by atomic mass is 10.1. The Morgan fingerprint density at radius 2 is 1.88 bits per heavy atom. The Morgan fingerprint density at radius 3 is 2.47 bits per heavy atom. The van der Waals surface area contributed by atoms with Gasteiger partial charge in [-0.05, 0) is 31.2 Å². The second kappa shape index (κ2) is 6.07. The summed E-state index contributed by atoms with van der Waals surface area (Å²) in [5.74, 6) is -0.384. The van der Waals surface area contributed by atoms with Gasteiger partial charge in [0.2, 0.25) is 0 Å². The molecular formula is C13H20F2N2. The highest BCUT2D eigenvalue weighted by molar-refractivity contribution is 5.22. The van der Waals surface area contributed by atoms with Crippen LogP contribution in [0.3, 0.4) is 0 Å². The smallest absolute Gasteiger partial charge is 0.128 e. The van der Waals surface area contributed by atoms with Gasteiger partial charge in [-0.15, -0.1) is 0 Å². The van der Waals surface area contributed by atoms with Crippen LogP contribution in [0.1, 0.15) is 25.5 Å². The minimum atomic E-state index is -0.505. The van der Waals surface area contributed by atoms with Crippen LogP contribution < -0.4 is 5.73 Å². The molecule has 0 spiro atoms. The minimum absolute atomic E-state index is 0.237. The average molecular weight is 242 g/mol. The fraction of sp³-hybridized carbons (Fsp3) is 0.538. The summed E-state index contributed by atoms with van der Waals surface area (Å²) in [6.07, 6.45) is 0. The molecule has 1 atom stereocenters. The summed E-state index contributed by atoms with van der Waals surface area (Å²) >= 11 is 0. The van der Waals surface area contributed by atoms with Crippen molar-refractivity contribution in [2.45, 2.75) is 19.9 Å². The number of rotatable bonds is 5. The molecule has 1 rings (SSSR count). The zero-order valence-corrected chi connectivity index (χ0v) is 10.6. The number of benzene rings is 1. The maximum atomic E-state index is 13.5. The summed E-state index contributed by atoms with van der Waals surface area (Å²) in [4.78, 5) is 2.03. The standard InChI is InChI=1S/C13H20F2N2/c1-9(2)7-17(3)8-13(16)11-6-10(14)4-5-12(11)15/h4-6,9,13H,7-8,16H2,1-3H3. The normalized spacial score (nSPS) is 13.4. The van der Waals surface area contributed by atoms with Crippen molar-refractivity contribution in [3.8, 4) is 0 Å². The average Bonchev–Trinajstić information content (AvgIpc) is 2.20. The molecule has 1 aromatic rings. The van der Waals surface area contributed by atoms with Crippen molar-refractivity contribution in [3.63, 3.8) is 0 Å². The predicted molar refractivity (Wildman–Crippen MR) is 65.6 cm³/mol. The van der Waals surface area contributed by atoms with E-state index in [0.29, 0.717) is 12.5 Å². The van der Waals surface area contributed by atoms with E-state index in [0.717, 1.165) is 18.7 Å². The third kappa shape index (κ3) is 4.40. The van der Waals surface area contributed by atoms with Crippen molar-refractivity contribution in [2.75, 3.05) is 20.1 Å². The molecule has 0 heterocycles. The summed E-state index contributed by atoms with van der Waals surface area (Å²) < 4.78 is 26.5. The summed E-state index contributed by atoms with van der Waals surface area (Å²) in [7, 11) is 1.93. The lowest BCUT2D eigenvalue weighted by molar-refractivity contribution is 0.277. The molecule has 17 heavy (non-hydrogen) atoms. The van der Waals surface area contributed by atoms with Gasteiger partial charge in [0.1, 0.15) is 11.6 Å². The Labute approximate surface area is 101 Å². The summed E-state index contributed by atoms with van der Waals surface area (Å²) in [5.41, 5.74) is 6.13. The third-order valence-corrected chi connectivity index (χ3v) is 2.54. The Morgan fingerprint density at radius 1 is 1.24 bits per heavy atom. The first-order valence-electron chi connectivity index (χ1n) is 5.79. The van der Waals surface area contributed by atoms with Gasteiger partial charge < -0.3 is 10.6 Å². The molecule has 96 valence electrons. The van der Waals surface area contributed by atoms with E-state index in [2.05, 4.69) is 13.8 Å².